The summed E-state index contributed by atoms with van der Waals surface area (Å²) in [5.74, 6) is 0.297. The van der Waals surface area contributed by atoms with Crippen LogP contribution in [0.4, 0.5) is 5.82 Å². The van der Waals surface area contributed by atoms with Crippen LogP contribution in [-0.2, 0) is 23.5 Å². The van der Waals surface area contributed by atoms with Crippen molar-refractivity contribution in [3.8, 4) is 0 Å². The molecule has 4 rings (SSSR count). The lowest BCUT2D eigenvalue weighted by molar-refractivity contribution is -0.256. The van der Waals surface area contributed by atoms with Crippen molar-refractivity contribution in [2.24, 2.45) is 0 Å². The van der Waals surface area contributed by atoms with E-state index in [1.807, 2.05) is 6.26 Å². The molecule has 0 bridgehead atoms. The highest BCUT2D eigenvalue weighted by Crippen LogP contribution is 2.49. The molecule has 2 N–H and O–H groups in total. The van der Waals surface area contributed by atoms with Gasteiger partial charge >= 0.3 is 0 Å². The number of hydrogen-bond acceptors (Lipinski definition) is 10. The summed E-state index contributed by atoms with van der Waals surface area (Å²) < 4.78 is 30.0. The van der Waals surface area contributed by atoms with E-state index >= 15 is 0 Å². The lowest BCUT2D eigenvalue weighted by Gasteiger charge is -2.20. The van der Waals surface area contributed by atoms with Gasteiger partial charge in [0.05, 0.1) is 12.9 Å². The van der Waals surface area contributed by atoms with Crippen molar-refractivity contribution < 1.29 is 23.5 Å². The van der Waals surface area contributed by atoms with Crippen LogP contribution in [0.1, 0.15) is 6.23 Å². The van der Waals surface area contributed by atoms with Crippen LogP contribution in [0.25, 0.3) is 11.2 Å². The van der Waals surface area contributed by atoms with E-state index in [1.54, 1.807) is 10.9 Å². The lowest BCUT2D eigenvalue weighted by atomic mass is 10.1. The van der Waals surface area contributed by atoms with Gasteiger partial charge in [0.1, 0.15) is 23.8 Å². The van der Waals surface area contributed by atoms with Crippen LogP contribution in [-0.4, -0.2) is 64.3 Å². The second-order valence-electron chi connectivity index (χ2n) is 5.71. The van der Waals surface area contributed by atoms with E-state index in [9.17, 15) is 0 Å². The number of nitrogens with two attached hydrogens (primary N) is 1. The molecule has 2 aromatic rings. The highest BCUT2D eigenvalue weighted by atomic mass is 35.9. The van der Waals surface area contributed by atoms with Gasteiger partial charge in [-0.3, -0.25) is 4.57 Å². The summed E-state index contributed by atoms with van der Waals surface area (Å²) in [6, 6.07) is 0. The third-order valence-electron chi connectivity index (χ3n) is 4.24. The summed E-state index contributed by atoms with van der Waals surface area (Å²) in [6.45, 7) is -2.23. The second-order valence-corrected chi connectivity index (χ2v) is 9.50. The molecule has 2 aromatic heterocycles. The van der Waals surface area contributed by atoms with E-state index < -0.39 is 37.9 Å². The summed E-state index contributed by atoms with van der Waals surface area (Å²) in [5.41, 5.74) is 7.03. The van der Waals surface area contributed by atoms with Crippen LogP contribution in [0.3, 0.4) is 0 Å². The summed E-state index contributed by atoms with van der Waals surface area (Å²) in [5, 5.41) is 0.532. The maximum atomic E-state index is 6.12. The number of imidazole rings is 1. The number of nitrogen functional groups attached to an aromatic ring is 1. The van der Waals surface area contributed by atoms with Gasteiger partial charge in [0, 0.05) is 7.11 Å². The van der Waals surface area contributed by atoms with E-state index in [2.05, 4.69) is 15.0 Å². The van der Waals surface area contributed by atoms with Gasteiger partial charge in [-0.2, -0.15) is 0 Å². The number of fused-ring (bicyclic) bond motifs is 2. The molecule has 10 nitrogen and oxygen atoms in total. The van der Waals surface area contributed by atoms with Gasteiger partial charge in [-0.25, -0.2) is 15.0 Å². The molecule has 0 radical (unpaired) electrons. The topological polar surface area (TPSA) is 116 Å². The molecule has 2 saturated heterocycles. The number of hydrogen-bond donors (Lipinski definition) is 1. The first-order valence-electron chi connectivity index (χ1n) is 7.79. The van der Waals surface area contributed by atoms with Crippen LogP contribution >= 0.6 is 41.1 Å². The predicted octanol–water partition coefficient (Wildman–Crippen LogP) is 2.46. The van der Waals surface area contributed by atoms with E-state index in [1.165, 1.54) is 18.9 Å². The highest BCUT2D eigenvalue weighted by Gasteiger charge is 2.54. The SMILES string of the molecule is COC1O[C@@H]2[C@H](O1)[C@@H](COP(Cl)Cl)O[C@H]2n1cnc2c(N)nc(SC)nc21. The van der Waals surface area contributed by atoms with E-state index in [0.717, 1.165) is 0 Å². The zero-order chi connectivity index (χ0) is 19.1. The molecule has 1 unspecified atom stereocenters. The minimum Gasteiger partial charge on any atom is -0.382 e. The molecule has 0 amide bonds. The standard InChI is InChI=1S/C13H16Cl2N5O5PS/c1-21-13-24-7-5(3-22-26(14)15)23-11(8(7)25-13)20-4-17-6-9(16)18-12(27-2)19-10(6)20/h4-5,7-8,11,13H,3H2,1-2H3,(H2,16,18,19)/t5-,7-,8-,11-,13?/m1/s1. The summed E-state index contributed by atoms with van der Waals surface area (Å²) in [4.78, 5) is 13.0. The maximum Gasteiger partial charge on any atom is 0.272 e. The van der Waals surface area contributed by atoms with Crippen LogP contribution < -0.4 is 5.73 Å². The quantitative estimate of drug-likeness (QED) is 0.395. The maximum absolute atomic E-state index is 6.12. The second kappa shape index (κ2) is 8.10. The molecule has 4 heterocycles. The van der Waals surface area contributed by atoms with E-state index in [0.29, 0.717) is 22.1 Å². The number of anilines is 1. The van der Waals surface area contributed by atoms with Crippen LogP contribution in [0.15, 0.2) is 11.5 Å². The molecule has 2 aliphatic heterocycles. The molecule has 2 aliphatic rings. The van der Waals surface area contributed by atoms with Gasteiger partial charge in [0.2, 0.25) is 6.85 Å². The average molecular weight is 456 g/mol. The fraction of sp³-hybridized carbons (Fsp3) is 0.615. The van der Waals surface area contributed by atoms with E-state index in [-0.39, 0.29) is 6.61 Å². The normalized spacial score (nSPS) is 30.5. The first-order chi connectivity index (χ1) is 13.0. The number of methoxy groups -OCH3 is 1. The van der Waals surface area contributed by atoms with Crippen LogP contribution in [0.2, 0.25) is 0 Å². The number of nitrogens with zero attached hydrogens (tertiary/aromatic N) is 4. The molecule has 0 aromatic carbocycles. The zero-order valence-corrected chi connectivity index (χ0v) is 17.4. The fourth-order valence-electron chi connectivity index (χ4n) is 3.10. The number of thioether (sulfide) groups is 1. The Kier molecular flexibility index (Phi) is 5.94. The molecule has 27 heavy (non-hydrogen) atoms. The van der Waals surface area contributed by atoms with Gasteiger partial charge in [-0.05, 0) is 28.7 Å². The van der Waals surface area contributed by atoms with Crippen molar-refractivity contribution in [1.82, 2.24) is 19.5 Å². The highest BCUT2D eigenvalue weighted by molar-refractivity contribution is 8.00. The smallest absolute Gasteiger partial charge is 0.272 e. The van der Waals surface area contributed by atoms with E-state index in [4.69, 9.17) is 51.7 Å². The first kappa shape index (κ1) is 19.8. The minimum atomic E-state index is -1.57. The molecular formula is C13H16Cl2N5O5PS. The first-order valence-corrected chi connectivity index (χ1v) is 12.1. The Labute approximate surface area is 169 Å². The Bertz CT molecular complexity index is 832. The zero-order valence-electron chi connectivity index (χ0n) is 14.2. The summed E-state index contributed by atoms with van der Waals surface area (Å²) >= 11 is 12.8. The molecule has 0 saturated carbocycles. The van der Waals surface area contributed by atoms with Gasteiger partial charge in [-0.15, -0.1) is 0 Å². The van der Waals surface area contributed by atoms with Crippen molar-refractivity contribution in [1.29, 1.82) is 0 Å². The van der Waals surface area contributed by atoms with Crippen molar-refractivity contribution >= 4 is 58.1 Å². The number of rotatable bonds is 6. The molecular weight excluding hydrogens is 440 g/mol. The lowest BCUT2D eigenvalue weighted by Crippen LogP contribution is -2.31. The van der Waals surface area contributed by atoms with Gasteiger partial charge < -0.3 is 29.2 Å². The number of halogens is 2. The Balaban J connectivity index is 1.68. The third-order valence-corrected chi connectivity index (χ3v) is 5.71. The summed E-state index contributed by atoms with van der Waals surface area (Å²) in [6.07, 6.45) is 1.52. The van der Waals surface area contributed by atoms with Crippen molar-refractivity contribution in [2.45, 2.75) is 36.2 Å². The average Bonchev–Trinajstić information content (AvgIpc) is 3.33. The Hall–Kier alpha value is -0.490. The number of aromatic nitrogens is 4. The molecule has 14 heteroatoms. The molecule has 0 spiro atoms. The van der Waals surface area contributed by atoms with Crippen molar-refractivity contribution in [2.75, 3.05) is 25.7 Å². The molecule has 2 fully saturated rings. The minimum absolute atomic E-state index is 0.149. The molecule has 5 atom stereocenters. The van der Waals surface area contributed by atoms with Gasteiger partial charge in [0.25, 0.3) is 6.48 Å². The Morgan fingerprint density at radius 3 is 2.78 bits per heavy atom. The van der Waals surface area contributed by atoms with Gasteiger partial charge in [0.15, 0.2) is 22.8 Å². The van der Waals surface area contributed by atoms with Crippen molar-refractivity contribution in [3.63, 3.8) is 0 Å². The van der Waals surface area contributed by atoms with Crippen LogP contribution in [0, 0.1) is 0 Å². The van der Waals surface area contributed by atoms with Gasteiger partial charge in [-0.1, -0.05) is 11.8 Å². The van der Waals surface area contributed by atoms with Crippen molar-refractivity contribution in [3.05, 3.63) is 6.33 Å². The van der Waals surface area contributed by atoms with Crippen LogP contribution in [0.5, 0.6) is 0 Å². The fourth-order valence-corrected chi connectivity index (χ4v) is 4.07. The summed E-state index contributed by atoms with van der Waals surface area (Å²) in [7, 11) is 1.50. The largest absolute Gasteiger partial charge is 0.382 e. The molecule has 148 valence electrons. The monoisotopic (exact) mass is 455 g/mol. The number of ether oxygens (including phenoxy) is 4. The molecule has 0 aliphatic carbocycles. The Morgan fingerprint density at radius 1 is 1.30 bits per heavy atom. The third kappa shape index (κ3) is 3.73. The Morgan fingerprint density at radius 2 is 2.07 bits per heavy atom. The predicted molar refractivity (Wildman–Crippen MR) is 101 cm³/mol.